The van der Waals surface area contributed by atoms with Gasteiger partial charge in [-0.3, -0.25) is 5.14 Å². The lowest BCUT2D eigenvalue weighted by Gasteiger charge is -2.05. The summed E-state index contributed by atoms with van der Waals surface area (Å²) < 4.78 is 1.94. The Hall–Kier alpha value is 0.270. The van der Waals surface area contributed by atoms with Gasteiger partial charge in [-0.15, -0.1) is 0 Å². The van der Waals surface area contributed by atoms with Crippen molar-refractivity contribution in [1.29, 1.82) is 0 Å². The molecule has 0 aliphatic rings. The molecule has 0 aromatic carbocycles. The van der Waals surface area contributed by atoms with Crippen molar-refractivity contribution in [3.05, 3.63) is 0 Å². The summed E-state index contributed by atoms with van der Waals surface area (Å²) >= 11 is 1.26. The molecule has 0 aliphatic carbocycles. The van der Waals surface area contributed by atoms with E-state index in [4.69, 9.17) is 5.14 Å². The van der Waals surface area contributed by atoms with E-state index in [9.17, 15) is 0 Å². The lowest BCUT2D eigenvalue weighted by atomic mass is 10.8. The van der Waals surface area contributed by atoms with Crippen molar-refractivity contribution in [2.45, 2.75) is 6.92 Å². The van der Waals surface area contributed by atoms with Crippen molar-refractivity contribution >= 4 is 12.1 Å². The highest BCUT2D eigenvalue weighted by molar-refractivity contribution is 7.94. The van der Waals surface area contributed by atoms with Crippen LogP contribution in [0.25, 0.3) is 0 Å². The Balaban J connectivity index is 2.75. The van der Waals surface area contributed by atoms with Gasteiger partial charge in [0.25, 0.3) is 0 Å². The Morgan fingerprint density at radius 1 is 1.83 bits per heavy atom. The summed E-state index contributed by atoms with van der Waals surface area (Å²) in [4.78, 5) is 0. The first kappa shape index (κ1) is 6.27. The number of nitrogens with zero attached hydrogens (tertiary/aromatic N) is 1. The fraction of sp³-hybridized carbons (Fsp3) is 1.00. The standard InChI is InChI=1S/C3H10N2S/c1-3-5(2)6-4/h3-4H2,1-2H3. The highest BCUT2D eigenvalue weighted by Crippen LogP contribution is 1.90. The van der Waals surface area contributed by atoms with E-state index in [1.807, 2.05) is 11.4 Å². The number of nitrogens with two attached hydrogens (primary N) is 1. The monoisotopic (exact) mass is 106 g/mol. The van der Waals surface area contributed by atoms with Crippen molar-refractivity contribution in [2.24, 2.45) is 5.14 Å². The van der Waals surface area contributed by atoms with Crippen LogP contribution in [0.15, 0.2) is 0 Å². The van der Waals surface area contributed by atoms with Gasteiger partial charge in [0, 0.05) is 18.7 Å². The largest absolute Gasteiger partial charge is 0.264 e. The van der Waals surface area contributed by atoms with Crippen LogP contribution in [-0.4, -0.2) is 17.9 Å². The summed E-state index contributed by atoms with van der Waals surface area (Å²) in [6, 6.07) is 0. The molecule has 6 heavy (non-hydrogen) atoms. The second-order valence-corrected chi connectivity index (χ2v) is 1.88. The van der Waals surface area contributed by atoms with E-state index >= 15 is 0 Å². The number of rotatable bonds is 2. The van der Waals surface area contributed by atoms with E-state index in [0.717, 1.165) is 6.54 Å². The highest BCUT2D eigenvalue weighted by atomic mass is 32.2. The predicted octanol–water partition coefficient (Wildman–Crippen LogP) is 0.460. The van der Waals surface area contributed by atoms with Gasteiger partial charge in [-0.2, -0.15) is 0 Å². The predicted molar refractivity (Wildman–Crippen MR) is 30.1 cm³/mol. The zero-order valence-electron chi connectivity index (χ0n) is 4.14. The smallest absolute Gasteiger partial charge is 0.00697 e. The quantitative estimate of drug-likeness (QED) is 0.518. The first-order valence-corrected chi connectivity index (χ1v) is 2.73. The first-order chi connectivity index (χ1) is 2.81. The molecule has 0 aromatic rings. The number of hydrogen-bond donors (Lipinski definition) is 1. The van der Waals surface area contributed by atoms with E-state index in [1.54, 1.807) is 0 Å². The van der Waals surface area contributed by atoms with Gasteiger partial charge in [-0.05, 0) is 7.05 Å². The molecule has 0 amide bonds. The Kier molecular flexibility index (Phi) is 3.62. The van der Waals surface area contributed by atoms with E-state index in [1.165, 1.54) is 12.1 Å². The molecule has 3 heteroatoms. The van der Waals surface area contributed by atoms with Gasteiger partial charge in [0.05, 0.1) is 0 Å². The van der Waals surface area contributed by atoms with Crippen molar-refractivity contribution in [3.8, 4) is 0 Å². The Labute approximate surface area is 43.0 Å². The van der Waals surface area contributed by atoms with Crippen LogP contribution in [0.1, 0.15) is 6.92 Å². The molecule has 2 nitrogen and oxygen atoms in total. The maximum absolute atomic E-state index is 5.13. The summed E-state index contributed by atoms with van der Waals surface area (Å²) in [5.41, 5.74) is 0. The SMILES string of the molecule is CCN(C)SN. The molecule has 0 aliphatic heterocycles. The van der Waals surface area contributed by atoms with Gasteiger partial charge in [0.1, 0.15) is 0 Å². The normalized spacial score (nSPS) is 10.0. The minimum Gasteiger partial charge on any atom is -0.264 e. The Morgan fingerprint density at radius 3 is 2.33 bits per heavy atom. The third-order valence-electron chi connectivity index (χ3n) is 0.625. The topological polar surface area (TPSA) is 29.3 Å². The fourth-order valence-electron chi connectivity index (χ4n) is 0.0745. The second-order valence-electron chi connectivity index (χ2n) is 1.05. The van der Waals surface area contributed by atoms with Crippen molar-refractivity contribution in [2.75, 3.05) is 13.6 Å². The van der Waals surface area contributed by atoms with Crippen molar-refractivity contribution < 1.29 is 0 Å². The number of hydrogen-bond acceptors (Lipinski definition) is 3. The molecule has 38 valence electrons. The van der Waals surface area contributed by atoms with Gasteiger partial charge < -0.3 is 0 Å². The summed E-state index contributed by atoms with van der Waals surface area (Å²) in [6.07, 6.45) is 0. The van der Waals surface area contributed by atoms with Gasteiger partial charge in [0.2, 0.25) is 0 Å². The zero-order valence-corrected chi connectivity index (χ0v) is 4.96. The zero-order chi connectivity index (χ0) is 4.99. The molecule has 0 rings (SSSR count). The molecule has 2 N–H and O–H groups in total. The molecular formula is C3H10N2S. The maximum Gasteiger partial charge on any atom is 0.00697 e. The Bertz CT molecular complexity index is 28.0. The molecule has 0 bridgehead atoms. The highest BCUT2D eigenvalue weighted by Gasteiger charge is 1.83. The lowest BCUT2D eigenvalue weighted by molar-refractivity contribution is 0.603. The van der Waals surface area contributed by atoms with Crippen LogP contribution >= 0.6 is 12.1 Å². The van der Waals surface area contributed by atoms with Crippen LogP contribution in [0, 0.1) is 0 Å². The average Bonchev–Trinajstić information content (AvgIpc) is 1.65. The van der Waals surface area contributed by atoms with Crippen molar-refractivity contribution in [1.82, 2.24) is 4.31 Å². The average molecular weight is 106 g/mol. The van der Waals surface area contributed by atoms with Gasteiger partial charge in [-0.25, -0.2) is 4.31 Å². The van der Waals surface area contributed by atoms with Crippen LogP contribution in [0.5, 0.6) is 0 Å². The molecule has 0 heterocycles. The third kappa shape index (κ3) is 2.50. The summed E-state index contributed by atoms with van der Waals surface area (Å²) in [5.74, 6) is 0. The molecule has 0 atom stereocenters. The summed E-state index contributed by atoms with van der Waals surface area (Å²) in [7, 11) is 1.95. The maximum atomic E-state index is 5.13. The molecule has 0 unspecified atom stereocenters. The molecule has 0 spiro atoms. The van der Waals surface area contributed by atoms with Gasteiger partial charge in [-0.1, -0.05) is 6.92 Å². The summed E-state index contributed by atoms with van der Waals surface area (Å²) in [6.45, 7) is 3.06. The van der Waals surface area contributed by atoms with Crippen molar-refractivity contribution in [3.63, 3.8) is 0 Å². The molecule has 0 saturated carbocycles. The molecular weight excluding hydrogens is 96.1 g/mol. The fourth-order valence-corrected chi connectivity index (χ4v) is 0.224. The van der Waals surface area contributed by atoms with E-state index < -0.39 is 0 Å². The molecule has 0 saturated heterocycles. The lowest BCUT2D eigenvalue weighted by Crippen LogP contribution is -2.09. The first-order valence-electron chi connectivity index (χ1n) is 1.89. The molecule has 0 radical (unpaired) electrons. The van der Waals surface area contributed by atoms with Crippen LogP contribution in [0.4, 0.5) is 0 Å². The van der Waals surface area contributed by atoms with Crippen LogP contribution in [0.3, 0.4) is 0 Å². The van der Waals surface area contributed by atoms with Crippen LogP contribution in [0.2, 0.25) is 0 Å². The van der Waals surface area contributed by atoms with E-state index in [-0.39, 0.29) is 0 Å². The van der Waals surface area contributed by atoms with Gasteiger partial charge >= 0.3 is 0 Å². The second kappa shape index (κ2) is 3.46. The van der Waals surface area contributed by atoms with Gasteiger partial charge in [0.15, 0.2) is 0 Å². The minimum atomic E-state index is 1.00. The Morgan fingerprint density at radius 2 is 2.33 bits per heavy atom. The summed E-state index contributed by atoms with van der Waals surface area (Å²) in [5, 5.41) is 5.13. The minimum absolute atomic E-state index is 1.00. The van der Waals surface area contributed by atoms with Crippen LogP contribution < -0.4 is 5.14 Å². The van der Waals surface area contributed by atoms with Crippen LogP contribution in [-0.2, 0) is 0 Å². The molecule has 0 aromatic heterocycles. The van der Waals surface area contributed by atoms with E-state index in [2.05, 4.69) is 6.92 Å². The van der Waals surface area contributed by atoms with E-state index in [0.29, 0.717) is 0 Å². The molecule has 0 fully saturated rings. The third-order valence-corrected chi connectivity index (χ3v) is 1.24.